The van der Waals surface area contributed by atoms with Gasteiger partial charge >= 0.3 is 0 Å². The summed E-state index contributed by atoms with van der Waals surface area (Å²) in [4.78, 5) is 27.4. The first-order valence-corrected chi connectivity index (χ1v) is 12.2. The standard InChI is InChI=1S/C15H26N2O6S2/c1-3-16(13-5-8-24(20,21)10-13)15(19)4-7-17(12(2)18)14-6-9-25(22,23)11-14/h13-14H,3-11H2,1-2H3. The van der Waals surface area contributed by atoms with Gasteiger partial charge in [0.25, 0.3) is 0 Å². The normalized spacial score (nSPS) is 27.1. The van der Waals surface area contributed by atoms with Crippen LogP contribution in [0.15, 0.2) is 0 Å². The molecule has 0 radical (unpaired) electrons. The Hall–Kier alpha value is -1.16. The van der Waals surface area contributed by atoms with Gasteiger partial charge in [-0.25, -0.2) is 16.8 Å². The number of nitrogens with zero attached hydrogens (tertiary/aromatic N) is 2. The number of carbonyl (C=O) groups excluding carboxylic acids is 2. The van der Waals surface area contributed by atoms with Crippen molar-refractivity contribution in [1.82, 2.24) is 9.80 Å². The van der Waals surface area contributed by atoms with Crippen molar-refractivity contribution in [2.24, 2.45) is 0 Å². The number of sulfone groups is 2. The van der Waals surface area contributed by atoms with Crippen LogP contribution in [0.3, 0.4) is 0 Å². The van der Waals surface area contributed by atoms with E-state index in [0.29, 0.717) is 19.4 Å². The highest BCUT2D eigenvalue weighted by atomic mass is 32.2. The van der Waals surface area contributed by atoms with E-state index in [4.69, 9.17) is 0 Å². The summed E-state index contributed by atoms with van der Waals surface area (Å²) in [7, 11) is -6.20. The Bertz CT molecular complexity index is 731. The van der Waals surface area contributed by atoms with Gasteiger partial charge < -0.3 is 9.80 Å². The molecule has 2 fully saturated rings. The molecule has 2 heterocycles. The van der Waals surface area contributed by atoms with Gasteiger partial charge in [0.1, 0.15) is 0 Å². The minimum absolute atomic E-state index is 0.0100. The minimum atomic E-state index is -3.12. The van der Waals surface area contributed by atoms with Crippen molar-refractivity contribution >= 4 is 31.5 Å². The Labute approximate surface area is 149 Å². The summed E-state index contributed by atoms with van der Waals surface area (Å²) in [6.07, 6.45) is 0.911. The molecule has 0 N–H and O–H groups in total. The fourth-order valence-electron chi connectivity index (χ4n) is 3.64. The summed E-state index contributed by atoms with van der Waals surface area (Å²) in [6, 6.07) is -0.683. The van der Waals surface area contributed by atoms with Gasteiger partial charge in [0, 0.05) is 38.5 Å². The van der Waals surface area contributed by atoms with Crippen LogP contribution in [0.5, 0.6) is 0 Å². The molecule has 2 rings (SSSR count). The van der Waals surface area contributed by atoms with Crippen LogP contribution < -0.4 is 0 Å². The van der Waals surface area contributed by atoms with Gasteiger partial charge in [0.15, 0.2) is 19.7 Å². The Morgan fingerprint density at radius 1 is 0.920 bits per heavy atom. The highest BCUT2D eigenvalue weighted by Crippen LogP contribution is 2.20. The van der Waals surface area contributed by atoms with Crippen LogP contribution in [0.2, 0.25) is 0 Å². The molecule has 8 nitrogen and oxygen atoms in total. The summed E-state index contributed by atoms with van der Waals surface area (Å²) in [5.41, 5.74) is 0. The maximum Gasteiger partial charge on any atom is 0.224 e. The Morgan fingerprint density at radius 3 is 1.76 bits per heavy atom. The molecule has 0 aromatic rings. The van der Waals surface area contributed by atoms with E-state index in [0.717, 1.165) is 0 Å². The van der Waals surface area contributed by atoms with E-state index in [1.165, 1.54) is 11.8 Å². The van der Waals surface area contributed by atoms with Gasteiger partial charge in [0.05, 0.1) is 23.0 Å². The zero-order chi connectivity index (χ0) is 18.8. The second-order valence-corrected chi connectivity index (χ2v) is 11.2. The van der Waals surface area contributed by atoms with E-state index in [9.17, 15) is 26.4 Å². The highest BCUT2D eigenvalue weighted by Gasteiger charge is 2.36. The molecule has 2 aliphatic rings. The summed E-state index contributed by atoms with van der Waals surface area (Å²) >= 11 is 0. The van der Waals surface area contributed by atoms with E-state index >= 15 is 0 Å². The molecule has 0 bridgehead atoms. The fourth-order valence-corrected chi connectivity index (χ4v) is 7.10. The number of rotatable bonds is 6. The molecule has 10 heteroatoms. The van der Waals surface area contributed by atoms with Crippen molar-refractivity contribution in [3.8, 4) is 0 Å². The topological polar surface area (TPSA) is 109 Å². The lowest BCUT2D eigenvalue weighted by molar-refractivity contribution is -0.135. The van der Waals surface area contributed by atoms with Crippen molar-refractivity contribution in [1.29, 1.82) is 0 Å². The molecule has 0 aromatic carbocycles. The molecule has 0 saturated carbocycles. The third-order valence-electron chi connectivity index (χ3n) is 4.93. The first-order valence-electron chi connectivity index (χ1n) is 8.52. The number of hydrogen-bond donors (Lipinski definition) is 0. The number of amides is 2. The SMILES string of the molecule is CCN(C(=O)CCN(C(C)=O)C1CCS(=O)(=O)C1)C1CCS(=O)(=O)C1. The van der Waals surface area contributed by atoms with Crippen molar-refractivity contribution in [3.63, 3.8) is 0 Å². The number of carbonyl (C=O) groups is 2. The molecule has 2 unspecified atom stereocenters. The molecule has 25 heavy (non-hydrogen) atoms. The number of hydrogen-bond acceptors (Lipinski definition) is 6. The molecule has 0 aromatic heterocycles. The monoisotopic (exact) mass is 394 g/mol. The van der Waals surface area contributed by atoms with Gasteiger partial charge in [0.2, 0.25) is 11.8 Å². The molecular formula is C15H26N2O6S2. The molecule has 0 aliphatic carbocycles. The predicted molar refractivity (Wildman–Crippen MR) is 93.5 cm³/mol. The van der Waals surface area contributed by atoms with Crippen molar-refractivity contribution in [2.45, 2.75) is 45.2 Å². The quantitative estimate of drug-likeness (QED) is 0.598. The molecule has 2 amide bonds. The Kier molecular flexibility index (Phi) is 6.13. The minimum Gasteiger partial charge on any atom is -0.339 e. The van der Waals surface area contributed by atoms with Crippen LogP contribution in [0, 0.1) is 0 Å². The van der Waals surface area contributed by atoms with E-state index < -0.39 is 19.7 Å². The second-order valence-electron chi connectivity index (χ2n) is 6.76. The van der Waals surface area contributed by atoms with E-state index in [1.54, 1.807) is 11.8 Å². The van der Waals surface area contributed by atoms with Gasteiger partial charge in [-0.1, -0.05) is 0 Å². The maximum absolute atomic E-state index is 12.5. The molecular weight excluding hydrogens is 368 g/mol. The van der Waals surface area contributed by atoms with Gasteiger partial charge in [-0.05, 0) is 19.8 Å². The van der Waals surface area contributed by atoms with Crippen molar-refractivity contribution < 1.29 is 26.4 Å². The first kappa shape index (κ1) is 20.2. The zero-order valence-electron chi connectivity index (χ0n) is 14.7. The van der Waals surface area contributed by atoms with Crippen LogP contribution in [0.4, 0.5) is 0 Å². The lowest BCUT2D eigenvalue weighted by Crippen LogP contribution is -2.45. The zero-order valence-corrected chi connectivity index (χ0v) is 16.3. The van der Waals surface area contributed by atoms with Crippen LogP contribution in [-0.2, 0) is 29.3 Å². The van der Waals surface area contributed by atoms with E-state index in [2.05, 4.69) is 0 Å². The molecule has 0 spiro atoms. The summed E-state index contributed by atoms with van der Waals surface area (Å²) in [5, 5.41) is 0. The van der Waals surface area contributed by atoms with E-state index in [1.807, 2.05) is 0 Å². The molecule has 2 aliphatic heterocycles. The average molecular weight is 395 g/mol. The lowest BCUT2D eigenvalue weighted by atomic mass is 10.1. The predicted octanol–water partition coefficient (Wildman–Crippen LogP) is -0.552. The van der Waals surface area contributed by atoms with E-state index in [-0.39, 0.29) is 59.9 Å². The Morgan fingerprint density at radius 2 is 1.40 bits per heavy atom. The molecule has 2 saturated heterocycles. The summed E-state index contributed by atoms with van der Waals surface area (Å²) in [5.74, 6) is -0.349. The highest BCUT2D eigenvalue weighted by molar-refractivity contribution is 7.91. The van der Waals surface area contributed by atoms with Crippen LogP contribution in [-0.4, -0.2) is 86.6 Å². The van der Waals surface area contributed by atoms with Crippen LogP contribution in [0.25, 0.3) is 0 Å². The molecule has 144 valence electrons. The lowest BCUT2D eigenvalue weighted by Gasteiger charge is -2.30. The summed E-state index contributed by atoms with van der Waals surface area (Å²) < 4.78 is 46.5. The second kappa shape index (κ2) is 7.61. The third-order valence-corrected chi connectivity index (χ3v) is 8.43. The van der Waals surface area contributed by atoms with Crippen molar-refractivity contribution in [3.05, 3.63) is 0 Å². The van der Waals surface area contributed by atoms with Gasteiger partial charge in [-0.3, -0.25) is 9.59 Å². The summed E-state index contributed by atoms with van der Waals surface area (Å²) in [6.45, 7) is 3.74. The molecule has 2 atom stereocenters. The van der Waals surface area contributed by atoms with Crippen LogP contribution >= 0.6 is 0 Å². The van der Waals surface area contributed by atoms with Crippen LogP contribution in [0.1, 0.15) is 33.1 Å². The average Bonchev–Trinajstić information content (AvgIpc) is 3.02. The van der Waals surface area contributed by atoms with Gasteiger partial charge in [-0.15, -0.1) is 0 Å². The smallest absolute Gasteiger partial charge is 0.224 e. The largest absolute Gasteiger partial charge is 0.339 e. The first-order chi connectivity index (χ1) is 11.5. The maximum atomic E-state index is 12.5. The van der Waals surface area contributed by atoms with Crippen molar-refractivity contribution in [2.75, 3.05) is 36.1 Å². The van der Waals surface area contributed by atoms with Gasteiger partial charge in [-0.2, -0.15) is 0 Å². The Balaban J connectivity index is 1.97. The fraction of sp³-hybridized carbons (Fsp3) is 0.867. The third kappa shape index (κ3) is 5.16.